The summed E-state index contributed by atoms with van der Waals surface area (Å²) in [5, 5.41) is 11.7. The van der Waals surface area contributed by atoms with Crippen LogP contribution >= 0.6 is 0 Å². The van der Waals surface area contributed by atoms with Crippen LogP contribution in [0.15, 0.2) is 60.7 Å². The summed E-state index contributed by atoms with van der Waals surface area (Å²) >= 11 is 0. The number of ketones is 1. The van der Waals surface area contributed by atoms with E-state index in [9.17, 15) is 28.8 Å². The highest BCUT2D eigenvalue weighted by Crippen LogP contribution is 2.30. The van der Waals surface area contributed by atoms with Crippen LogP contribution in [0.3, 0.4) is 0 Å². The first-order valence-corrected chi connectivity index (χ1v) is 21.4. The monoisotopic (exact) mass is 961 g/mol. The molecule has 338 valence electrons. The number of nitrogens with one attached hydrogen (secondary N) is 4. The van der Waals surface area contributed by atoms with Crippen LogP contribution in [0.2, 0.25) is 0 Å². The van der Waals surface area contributed by atoms with E-state index in [1.54, 1.807) is 27.7 Å². The van der Waals surface area contributed by atoms with Crippen molar-refractivity contribution in [2.24, 2.45) is 17.3 Å². The van der Waals surface area contributed by atoms with Crippen molar-refractivity contribution in [2.45, 2.75) is 117 Å². The average molecular weight is 962 g/mol. The number of halogens is 1. The highest BCUT2D eigenvalue weighted by molar-refractivity contribution is 5.98. The second kappa shape index (κ2) is 23.5. The number of rotatable bonds is 22. The van der Waals surface area contributed by atoms with Crippen molar-refractivity contribution in [3.8, 4) is 0 Å². The molecule has 5 atom stereocenters. The van der Waals surface area contributed by atoms with Gasteiger partial charge in [-0.1, -0.05) is 88.4 Å². The number of Topliss-reactive ketones (excluding diaryl/α,β-unsaturated/α-hetero) is 1. The van der Waals surface area contributed by atoms with Crippen molar-refractivity contribution < 1.29 is 71.4 Å². The fraction of sp³-hybridized carbons (Fsp3) is 0.609. The molecule has 4 N–H and O–H groups in total. The molecule has 2 heterocycles. The van der Waals surface area contributed by atoms with Gasteiger partial charge in [-0.25, -0.2) is 0 Å². The number of benzene rings is 2. The average Bonchev–Trinajstić information content (AvgIpc) is 3.95. The Kier molecular flexibility index (Phi) is 19.8. The minimum atomic E-state index is -1.07. The summed E-state index contributed by atoms with van der Waals surface area (Å²) in [7, 11) is 0. The first-order valence-electron chi connectivity index (χ1n) is 21.4. The molecule has 2 aromatic rings. The molecule has 4 amide bonds. The maximum atomic E-state index is 14.3. The molecule has 15 heteroatoms. The van der Waals surface area contributed by atoms with Crippen molar-refractivity contribution >= 4 is 35.4 Å². The molecule has 4 rings (SSSR count). The lowest BCUT2D eigenvalue weighted by Gasteiger charge is -2.40. The van der Waals surface area contributed by atoms with Crippen LogP contribution in [0, 0.1) is 17.3 Å². The summed E-state index contributed by atoms with van der Waals surface area (Å²) in [4.78, 5) is 82.7. The molecule has 14 nitrogen and oxygen atoms in total. The predicted octanol–water partition coefficient (Wildman–Crippen LogP) is 0.649. The number of carbonyl (C=O) groups is 6. The summed E-state index contributed by atoms with van der Waals surface area (Å²) in [6.45, 7) is 16.7. The van der Waals surface area contributed by atoms with E-state index >= 15 is 0 Å². The van der Waals surface area contributed by atoms with Gasteiger partial charge in [0.2, 0.25) is 24.5 Å². The van der Waals surface area contributed by atoms with E-state index in [0.29, 0.717) is 39.1 Å². The smallest absolute Gasteiger partial charge is 0.315 e. The zero-order valence-electron chi connectivity index (χ0n) is 37.2. The zero-order valence-corrected chi connectivity index (χ0v) is 39.4. The lowest BCUT2D eigenvalue weighted by atomic mass is 9.93. The van der Waals surface area contributed by atoms with Gasteiger partial charge in [-0.05, 0) is 76.3 Å². The quantitative estimate of drug-likeness (QED) is 0.0571. The molecule has 2 aliphatic heterocycles. The SMILES string of the molecule is CC(C)C[C@H](NC(=O)[C@H](CCc1ccccc1)NC(=O)C[N+]1(COC(=O)C(C)(C)C)CCOCC1)C(=O)N[C@@H](Cc1ccccc1)C(=O)N[C@@H](CC(C)C)C(=O)[C@@]1(C)CO1.[I-]. The van der Waals surface area contributed by atoms with Crippen LogP contribution in [-0.2, 0) is 55.8 Å². The van der Waals surface area contributed by atoms with Crippen molar-refractivity contribution in [1.82, 2.24) is 21.3 Å². The van der Waals surface area contributed by atoms with Gasteiger partial charge in [0, 0.05) is 6.42 Å². The van der Waals surface area contributed by atoms with E-state index in [4.69, 9.17) is 14.2 Å². The number of nitrogens with zero attached hydrogens (tertiary/aromatic N) is 1. The second-order valence-electron chi connectivity index (χ2n) is 18.5. The molecule has 0 unspecified atom stereocenters. The molecular formula is C46H68IN5O9. The number of esters is 1. The summed E-state index contributed by atoms with van der Waals surface area (Å²) in [5.41, 5.74) is 0.0955. The Morgan fingerprint density at radius 2 is 1.21 bits per heavy atom. The van der Waals surface area contributed by atoms with E-state index in [1.807, 2.05) is 88.4 Å². The molecule has 0 saturated carbocycles. The van der Waals surface area contributed by atoms with Crippen LogP contribution in [0.1, 0.15) is 85.8 Å². The van der Waals surface area contributed by atoms with E-state index in [1.165, 1.54) is 0 Å². The van der Waals surface area contributed by atoms with Gasteiger partial charge in [0.15, 0.2) is 12.3 Å². The molecule has 0 bridgehead atoms. The first kappa shape index (κ1) is 51.4. The van der Waals surface area contributed by atoms with Gasteiger partial charge in [0.05, 0.1) is 31.3 Å². The van der Waals surface area contributed by atoms with E-state index in [-0.39, 0.29) is 91.2 Å². The van der Waals surface area contributed by atoms with Gasteiger partial charge >= 0.3 is 5.97 Å². The van der Waals surface area contributed by atoms with Gasteiger partial charge < -0.3 is 59.5 Å². The maximum absolute atomic E-state index is 14.3. The standard InChI is InChI=1S/C46H67N5O9.HI/c1-31(2)25-36(40(53)46(8)29-60-46)48-43(56)38(27-34-17-13-10-14-18-34)50-42(55)37(26-32(3)4)49-41(54)35(20-19-33-15-11-9-12-16-33)47-39(52)28-51(21-23-58-24-22-51)30-59-44(57)45(5,6)7;/h9-18,31-32,35-38H,19-30H2,1-8H3,(H3-,47,48,49,50,52,54,55,56);1H/t35-,36-,37-,38-,46+;/m0./s1. The molecule has 0 spiro atoms. The van der Waals surface area contributed by atoms with E-state index < -0.39 is 58.8 Å². The molecule has 2 aliphatic rings. The van der Waals surface area contributed by atoms with Gasteiger partial charge in [0.25, 0.3) is 5.91 Å². The van der Waals surface area contributed by atoms with Crippen LogP contribution in [-0.4, -0.2) is 116 Å². The third-order valence-electron chi connectivity index (χ3n) is 10.9. The first-order chi connectivity index (χ1) is 28.3. The van der Waals surface area contributed by atoms with Crippen molar-refractivity contribution in [2.75, 3.05) is 46.2 Å². The van der Waals surface area contributed by atoms with E-state index in [2.05, 4.69) is 21.3 Å². The lowest BCUT2D eigenvalue weighted by Crippen LogP contribution is -3.00. The van der Waals surface area contributed by atoms with Gasteiger partial charge in [-0.3, -0.25) is 33.3 Å². The minimum absolute atomic E-state index is 0. The predicted molar refractivity (Wildman–Crippen MR) is 227 cm³/mol. The third kappa shape index (κ3) is 16.7. The number of ether oxygens (including phenoxy) is 3. The molecule has 0 radical (unpaired) electrons. The zero-order chi connectivity index (χ0) is 44.1. The van der Waals surface area contributed by atoms with Crippen molar-refractivity contribution in [3.63, 3.8) is 0 Å². The molecule has 0 aliphatic carbocycles. The topological polar surface area (TPSA) is 182 Å². The molecule has 2 aromatic carbocycles. The fourth-order valence-corrected chi connectivity index (χ4v) is 7.15. The number of aryl methyl sites for hydroxylation is 1. The Labute approximate surface area is 379 Å². The van der Waals surface area contributed by atoms with Gasteiger partial charge in [0.1, 0.15) is 36.8 Å². The number of quaternary nitrogens is 1. The molecular weight excluding hydrogens is 893 g/mol. The molecule has 2 fully saturated rings. The third-order valence-corrected chi connectivity index (χ3v) is 10.9. The van der Waals surface area contributed by atoms with Crippen LogP contribution < -0.4 is 45.2 Å². The summed E-state index contributed by atoms with van der Waals surface area (Å²) in [6, 6.07) is 14.9. The number of hydrogen-bond donors (Lipinski definition) is 4. The number of hydrogen-bond acceptors (Lipinski definition) is 9. The van der Waals surface area contributed by atoms with Crippen LogP contribution in [0.4, 0.5) is 0 Å². The summed E-state index contributed by atoms with van der Waals surface area (Å²) in [6.07, 6.45) is 1.50. The number of carbonyl (C=O) groups excluding carboxylic acids is 6. The largest absolute Gasteiger partial charge is 1.00 e. The summed E-state index contributed by atoms with van der Waals surface area (Å²) in [5.74, 6) is -2.57. The number of epoxide rings is 1. The fourth-order valence-electron chi connectivity index (χ4n) is 7.15. The highest BCUT2D eigenvalue weighted by atomic mass is 127. The Morgan fingerprint density at radius 1 is 0.721 bits per heavy atom. The number of amides is 4. The Morgan fingerprint density at radius 3 is 1.75 bits per heavy atom. The van der Waals surface area contributed by atoms with Crippen molar-refractivity contribution in [3.05, 3.63) is 71.8 Å². The molecule has 61 heavy (non-hydrogen) atoms. The van der Waals surface area contributed by atoms with Crippen LogP contribution in [0.5, 0.6) is 0 Å². The highest BCUT2D eigenvalue weighted by Gasteiger charge is 2.50. The molecule has 0 aromatic heterocycles. The minimum Gasteiger partial charge on any atom is -1.00 e. The van der Waals surface area contributed by atoms with Crippen LogP contribution in [0.25, 0.3) is 0 Å². The van der Waals surface area contributed by atoms with Gasteiger partial charge in [-0.2, -0.15) is 0 Å². The summed E-state index contributed by atoms with van der Waals surface area (Å²) < 4.78 is 16.9. The van der Waals surface area contributed by atoms with Gasteiger partial charge in [-0.15, -0.1) is 0 Å². The number of morpholine rings is 1. The normalized spacial score (nSPS) is 19.0. The Balaban J connectivity index is 0.00000992. The lowest BCUT2D eigenvalue weighted by molar-refractivity contribution is -0.943. The van der Waals surface area contributed by atoms with Crippen molar-refractivity contribution in [1.29, 1.82) is 0 Å². The maximum Gasteiger partial charge on any atom is 0.315 e. The second-order valence-corrected chi connectivity index (χ2v) is 18.5. The Hall–Kier alpha value is -3.93. The molecule has 2 saturated heterocycles. The Bertz CT molecular complexity index is 1760. The van der Waals surface area contributed by atoms with E-state index in [0.717, 1.165) is 11.1 Å².